The molecule has 0 saturated heterocycles. The van der Waals surface area contributed by atoms with Crippen LogP contribution in [0.5, 0.6) is 5.75 Å². The van der Waals surface area contributed by atoms with Gasteiger partial charge in [-0.15, -0.1) is 0 Å². The number of hydrogen-bond acceptors (Lipinski definition) is 6. The molecule has 0 saturated carbocycles. The highest BCUT2D eigenvalue weighted by Gasteiger charge is 2.28. The molecule has 1 aromatic heterocycles. The van der Waals surface area contributed by atoms with E-state index in [1.807, 2.05) is 43.3 Å². The Morgan fingerprint density at radius 1 is 0.850 bits per heavy atom. The number of hydrogen-bond donors (Lipinski definition) is 1. The molecule has 0 aliphatic heterocycles. The van der Waals surface area contributed by atoms with E-state index in [1.165, 1.54) is 13.2 Å². The number of ether oxygens (including phenoxy) is 2. The zero-order chi connectivity index (χ0) is 28.2. The SMILES string of the molecule is COc1ccc(C)cc1NC(=O)C(OC(=O)c1cccc2c(=O)c(C)c(-c3ccccc3)oc12)c1ccccc1. The second-order valence-electron chi connectivity index (χ2n) is 9.32. The minimum atomic E-state index is -1.29. The van der Waals surface area contributed by atoms with Crippen LogP contribution in [-0.2, 0) is 9.53 Å². The van der Waals surface area contributed by atoms with Gasteiger partial charge in [0.1, 0.15) is 17.1 Å². The number of esters is 1. The highest BCUT2D eigenvalue weighted by atomic mass is 16.5. The minimum Gasteiger partial charge on any atom is -0.495 e. The van der Waals surface area contributed by atoms with Crippen molar-refractivity contribution in [2.24, 2.45) is 0 Å². The second-order valence-corrected chi connectivity index (χ2v) is 9.32. The van der Waals surface area contributed by atoms with Crippen LogP contribution in [0, 0.1) is 13.8 Å². The van der Waals surface area contributed by atoms with Crippen molar-refractivity contribution in [2.45, 2.75) is 20.0 Å². The molecule has 5 aromatic rings. The van der Waals surface area contributed by atoms with Gasteiger partial charge in [0.15, 0.2) is 11.0 Å². The van der Waals surface area contributed by atoms with Crippen molar-refractivity contribution in [3.05, 3.63) is 130 Å². The van der Waals surface area contributed by atoms with Gasteiger partial charge in [0.05, 0.1) is 18.2 Å². The van der Waals surface area contributed by atoms with Crippen LogP contribution in [0.25, 0.3) is 22.3 Å². The fourth-order valence-electron chi connectivity index (χ4n) is 4.52. The van der Waals surface area contributed by atoms with E-state index >= 15 is 0 Å². The fourth-order valence-corrected chi connectivity index (χ4v) is 4.52. The van der Waals surface area contributed by atoms with Gasteiger partial charge in [-0.05, 0) is 43.7 Å². The average molecular weight is 534 g/mol. The lowest BCUT2D eigenvalue weighted by atomic mass is 10.0. The predicted molar refractivity (Wildman–Crippen MR) is 154 cm³/mol. The fraction of sp³-hybridized carbons (Fsp3) is 0.121. The van der Waals surface area contributed by atoms with Gasteiger partial charge >= 0.3 is 5.97 Å². The number of aryl methyl sites for hydroxylation is 1. The normalized spacial score (nSPS) is 11.6. The average Bonchev–Trinajstić information content (AvgIpc) is 2.98. The Bertz CT molecular complexity index is 1760. The summed E-state index contributed by atoms with van der Waals surface area (Å²) in [6, 6.07) is 28.0. The van der Waals surface area contributed by atoms with Crippen LogP contribution in [0.3, 0.4) is 0 Å². The molecule has 7 nitrogen and oxygen atoms in total. The summed E-state index contributed by atoms with van der Waals surface area (Å²) in [4.78, 5) is 40.4. The minimum absolute atomic E-state index is 0.0358. The van der Waals surface area contributed by atoms with Crippen molar-refractivity contribution >= 4 is 28.5 Å². The van der Waals surface area contributed by atoms with Gasteiger partial charge in [-0.25, -0.2) is 4.79 Å². The van der Waals surface area contributed by atoms with E-state index in [9.17, 15) is 14.4 Å². The lowest BCUT2D eigenvalue weighted by Crippen LogP contribution is -2.26. The first-order valence-electron chi connectivity index (χ1n) is 12.7. The van der Waals surface area contributed by atoms with E-state index in [2.05, 4.69) is 5.32 Å². The van der Waals surface area contributed by atoms with Crippen molar-refractivity contribution in [3.8, 4) is 17.1 Å². The van der Waals surface area contributed by atoms with Crippen molar-refractivity contribution in [3.63, 3.8) is 0 Å². The molecule has 0 bridgehead atoms. The number of amides is 1. The Morgan fingerprint density at radius 2 is 1.55 bits per heavy atom. The molecule has 0 aliphatic carbocycles. The predicted octanol–water partition coefficient (Wildman–Crippen LogP) is 6.62. The van der Waals surface area contributed by atoms with Gasteiger partial charge in [0.2, 0.25) is 6.10 Å². The highest BCUT2D eigenvalue weighted by molar-refractivity contribution is 6.04. The third-order valence-corrected chi connectivity index (χ3v) is 6.58. The second kappa shape index (κ2) is 11.3. The van der Waals surface area contributed by atoms with Crippen molar-refractivity contribution in [2.75, 3.05) is 12.4 Å². The van der Waals surface area contributed by atoms with Crippen LogP contribution >= 0.6 is 0 Å². The number of rotatable bonds is 7. The van der Waals surface area contributed by atoms with Gasteiger partial charge < -0.3 is 19.2 Å². The number of carbonyl (C=O) groups excluding carboxylic acids is 2. The number of benzene rings is 4. The number of carbonyl (C=O) groups is 2. The first-order chi connectivity index (χ1) is 19.4. The first kappa shape index (κ1) is 26.4. The van der Waals surface area contributed by atoms with Crippen LogP contribution in [0.15, 0.2) is 106 Å². The molecular formula is C33H27NO6. The van der Waals surface area contributed by atoms with Crippen LogP contribution in [-0.4, -0.2) is 19.0 Å². The molecular weight excluding hydrogens is 506 g/mol. The molecule has 1 heterocycles. The summed E-state index contributed by atoms with van der Waals surface area (Å²) >= 11 is 0. The Hall–Kier alpha value is -5.17. The standard InChI is InChI=1S/C33H27NO6/c1-20-17-18-27(38-3)26(19-20)34-32(36)30(23-13-8-5-9-14-23)40-33(37)25-16-10-15-24-28(35)21(2)29(39-31(24)25)22-11-6-4-7-12-22/h4-19,30H,1-3H3,(H,34,36). The highest BCUT2D eigenvalue weighted by Crippen LogP contribution is 2.31. The van der Waals surface area contributed by atoms with Crippen LogP contribution < -0.4 is 15.5 Å². The Balaban J connectivity index is 1.55. The molecule has 1 unspecified atom stereocenters. The Kier molecular flexibility index (Phi) is 7.46. The van der Waals surface area contributed by atoms with Crippen LogP contribution in [0.1, 0.15) is 33.2 Å². The molecule has 200 valence electrons. The smallest absolute Gasteiger partial charge is 0.343 e. The van der Waals surface area contributed by atoms with Crippen LogP contribution in [0.2, 0.25) is 0 Å². The maximum atomic E-state index is 13.6. The number of methoxy groups -OCH3 is 1. The molecule has 0 radical (unpaired) electrons. The maximum absolute atomic E-state index is 13.6. The Morgan fingerprint density at radius 3 is 2.25 bits per heavy atom. The van der Waals surface area contributed by atoms with Gasteiger partial charge in [-0.1, -0.05) is 72.8 Å². The van der Waals surface area contributed by atoms with Gasteiger partial charge in [0.25, 0.3) is 5.91 Å². The molecule has 1 N–H and O–H groups in total. The number of para-hydroxylation sites is 1. The van der Waals surface area contributed by atoms with E-state index in [0.29, 0.717) is 33.9 Å². The molecule has 7 heteroatoms. The van der Waals surface area contributed by atoms with E-state index in [1.54, 1.807) is 61.5 Å². The van der Waals surface area contributed by atoms with Crippen molar-refractivity contribution < 1.29 is 23.5 Å². The van der Waals surface area contributed by atoms with Gasteiger partial charge in [-0.3, -0.25) is 9.59 Å². The van der Waals surface area contributed by atoms with Crippen LogP contribution in [0.4, 0.5) is 5.69 Å². The lowest BCUT2D eigenvalue weighted by molar-refractivity contribution is -0.125. The zero-order valence-corrected chi connectivity index (χ0v) is 22.3. The monoisotopic (exact) mass is 533 g/mol. The number of fused-ring (bicyclic) bond motifs is 1. The van der Waals surface area contributed by atoms with E-state index in [0.717, 1.165) is 5.56 Å². The van der Waals surface area contributed by atoms with E-state index in [-0.39, 0.29) is 22.0 Å². The first-order valence-corrected chi connectivity index (χ1v) is 12.7. The van der Waals surface area contributed by atoms with Gasteiger partial charge in [-0.2, -0.15) is 0 Å². The third-order valence-electron chi connectivity index (χ3n) is 6.58. The molecule has 40 heavy (non-hydrogen) atoms. The van der Waals surface area contributed by atoms with Crippen molar-refractivity contribution in [1.82, 2.24) is 0 Å². The molecule has 5 rings (SSSR count). The molecule has 1 atom stereocenters. The molecule has 1 amide bonds. The molecule has 4 aromatic carbocycles. The Labute approximate surface area is 231 Å². The topological polar surface area (TPSA) is 94.8 Å². The summed E-state index contributed by atoms with van der Waals surface area (Å²) in [6.07, 6.45) is -1.29. The number of nitrogens with one attached hydrogen (secondary N) is 1. The summed E-state index contributed by atoms with van der Waals surface area (Å²) in [6.45, 7) is 3.58. The largest absolute Gasteiger partial charge is 0.495 e. The summed E-state index contributed by atoms with van der Waals surface area (Å²) < 4.78 is 17.4. The lowest BCUT2D eigenvalue weighted by Gasteiger charge is -2.19. The van der Waals surface area contributed by atoms with E-state index in [4.69, 9.17) is 13.9 Å². The van der Waals surface area contributed by atoms with E-state index < -0.39 is 18.0 Å². The maximum Gasteiger partial charge on any atom is 0.343 e. The number of anilines is 1. The molecule has 0 spiro atoms. The summed E-state index contributed by atoms with van der Waals surface area (Å²) in [7, 11) is 1.51. The third kappa shape index (κ3) is 5.22. The van der Waals surface area contributed by atoms with Gasteiger partial charge in [0, 0.05) is 16.7 Å². The molecule has 0 aliphatic rings. The molecule has 0 fully saturated rings. The quantitative estimate of drug-likeness (QED) is 0.236. The summed E-state index contributed by atoms with van der Waals surface area (Å²) in [5, 5.41) is 3.07. The van der Waals surface area contributed by atoms with Crippen molar-refractivity contribution in [1.29, 1.82) is 0 Å². The summed E-state index contributed by atoms with van der Waals surface area (Å²) in [5.74, 6) is -0.540. The summed E-state index contributed by atoms with van der Waals surface area (Å²) in [5.41, 5.74) is 2.85. The zero-order valence-electron chi connectivity index (χ0n) is 22.3.